The van der Waals surface area contributed by atoms with Gasteiger partial charge in [-0.3, -0.25) is 0 Å². The van der Waals surface area contributed by atoms with Crippen LogP contribution >= 0.6 is 0 Å². The maximum Gasteiger partial charge on any atom is 0.220 e. The van der Waals surface area contributed by atoms with Crippen LogP contribution in [0.2, 0.25) is 0 Å². The summed E-state index contributed by atoms with van der Waals surface area (Å²) in [5, 5.41) is 6.38. The van der Waals surface area contributed by atoms with Crippen LogP contribution in [0.1, 0.15) is 36.9 Å². The van der Waals surface area contributed by atoms with Gasteiger partial charge in [-0.05, 0) is 43.5 Å². The van der Waals surface area contributed by atoms with Crippen LogP contribution in [0.15, 0.2) is 24.4 Å². The van der Waals surface area contributed by atoms with Crippen molar-refractivity contribution in [3.05, 3.63) is 35.7 Å². The van der Waals surface area contributed by atoms with E-state index in [9.17, 15) is 8.42 Å². The van der Waals surface area contributed by atoms with Gasteiger partial charge in [0.2, 0.25) is 21.9 Å². The van der Waals surface area contributed by atoms with Gasteiger partial charge >= 0.3 is 0 Å². The molecule has 2 aromatic heterocycles. The maximum absolute atomic E-state index is 12.4. The van der Waals surface area contributed by atoms with E-state index in [0.717, 1.165) is 23.8 Å². The Balaban J connectivity index is 1.66. The number of ether oxygens (including phenoxy) is 3. The molecule has 3 heterocycles. The Kier molecular flexibility index (Phi) is 5.58. The number of nitrogens with zero attached hydrogens (tertiary/aromatic N) is 3. The Bertz CT molecular complexity index is 1370. The second kappa shape index (κ2) is 8.33. The van der Waals surface area contributed by atoms with Gasteiger partial charge in [-0.25, -0.2) is 28.5 Å². The van der Waals surface area contributed by atoms with Gasteiger partial charge in [0.15, 0.2) is 0 Å². The second-order valence-corrected chi connectivity index (χ2v) is 10.7. The quantitative estimate of drug-likeness (QED) is 0.536. The van der Waals surface area contributed by atoms with Crippen LogP contribution in [0.3, 0.4) is 0 Å². The van der Waals surface area contributed by atoms with Crippen LogP contribution in [0.4, 0.5) is 5.95 Å². The number of fused-ring (bicyclic) bond motifs is 1. The molecule has 0 radical (unpaired) electrons. The van der Waals surface area contributed by atoms with Crippen molar-refractivity contribution in [2.45, 2.75) is 43.5 Å². The summed E-state index contributed by atoms with van der Waals surface area (Å²) in [5.74, 6) is 1.01. The predicted molar refractivity (Wildman–Crippen MR) is 127 cm³/mol. The molecule has 5 rings (SSSR count). The number of aryl methyl sites for hydroxylation is 1. The molecule has 10 nitrogen and oxygen atoms in total. The minimum absolute atomic E-state index is 0.00892. The molecule has 0 spiro atoms. The van der Waals surface area contributed by atoms with E-state index in [1.165, 1.54) is 7.11 Å². The van der Waals surface area contributed by atoms with E-state index >= 15 is 0 Å². The van der Waals surface area contributed by atoms with Crippen LogP contribution in [0.25, 0.3) is 22.0 Å². The van der Waals surface area contributed by atoms with E-state index in [1.807, 2.05) is 19.1 Å². The van der Waals surface area contributed by atoms with Gasteiger partial charge in [0, 0.05) is 35.6 Å². The van der Waals surface area contributed by atoms with Gasteiger partial charge in [-0.2, -0.15) is 0 Å². The van der Waals surface area contributed by atoms with Crippen LogP contribution in [-0.4, -0.2) is 49.8 Å². The van der Waals surface area contributed by atoms with E-state index in [2.05, 4.69) is 15.0 Å². The van der Waals surface area contributed by atoms with Gasteiger partial charge in [0.1, 0.15) is 22.1 Å². The number of anilines is 1. The highest BCUT2D eigenvalue weighted by Crippen LogP contribution is 2.54. The third kappa shape index (κ3) is 3.93. The van der Waals surface area contributed by atoms with Crippen molar-refractivity contribution >= 4 is 26.9 Å². The van der Waals surface area contributed by atoms with Gasteiger partial charge in [-0.15, -0.1) is 0 Å². The van der Waals surface area contributed by atoms with E-state index in [-0.39, 0.29) is 17.9 Å². The molecule has 0 unspecified atom stereocenters. The smallest absolute Gasteiger partial charge is 0.220 e. The van der Waals surface area contributed by atoms with Crippen molar-refractivity contribution in [2.24, 2.45) is 5.14 Å². The fraction of sp³-hybridized carbons (Fsp3) is 0.435. The molecule has 2 fully saturated rings. The van der Waals surface area contributed by atoms with Crippen molar-refractivity contribution in [1.82, 2.24) is 15.0 Å². The number of methoxy groups -OCH3 is 1. The van der Waals surface area contributed by atoms with Crippen molar-refractivity contribution < 1.29 is 22.6 Å². The summed E-state index contributed by atoms with van der Waals surface area (Å²) in [6.07, 6.45) is 4.04. The first-order valence-electron chi connectivity index (χ1n) is 11.1. The lowest BCUT2D eigenvalue weighted by atomic mass is 10.0. The standard InChI is InChI=1S/C23H27N5O5S/c1-13-17-9-14(11-19(20(17)28-22(24)27-13)33-16-3-7-32-8-4-16)15-10-18(21(31-2)26-12-15)23(5-6-23)34(25,29)30/h9-12,16H,3-8H2,1-2H3,(H2,24,27,28)(H2,25,29,30). The molecule has 180 valence electrons. The van der Waals surface area contributed by atoms with Crippen LogP contribution in [0.5, 0.6) is 11.6 Å². The Morgan fingerprint density at radius 2 is 1.85 bits per heavy atom. The molecule has 0 atom stereocenters. The SMILES string of the molecule is COc1ncc(-c2cc(OC3CCOCC3)c3nc(N)nc(C)c3c2)cc1C1(S(N)(=O)=O)CC1. The summed E-state index contributed by atoms with van der Waals surface area (Å²) >= 11 is 0. The first kappa shape index (κ1) is 22.8. The number of hydrogen-bond acceptors (Lipinski definition) is 9. The molecule has 0 bridgehead atoms. The zero-order chi connectivity index (χ0) is 24.1. The molecule has 11 heteroatoms. The molecular formula is C23H27N5O5S. The molecular weight excluding hydrogens is 458 g/mol. The number of hydrogen-bond donors (Lipinski definition) is 2. The highest BCUT2D eigenvalue weighted by Gasteiger charge is 2.56. The molecule has 4 N–H and O–H groups in total. The van der Waals surface area contributed by atoms with Crippen molar-refractivity contribution in [3.63, 3.8) is 0 Å². The molecule has 1 saturated heterocycles. The Labute approximate surface area is 197 Å². The summed E-state index contributed by atoms with van der Waals surface area (Å²) in [5.41, 5.74) is 9.24. The zero-order valence-corrected chi connectivity index (χ0v) is 19.9. The van der Waals surface area contributed by atoms with Gasteiger partial charge < -0.3 is 19.9 Å². The van der Waals surface area contributed by atoms with E-state index in [4.69, 9.17) is 25.1 Å². The highest BCUT2D eigenvalue weighted by atomic mass is 32.2. The van der Waals surface area contributed by atoms with Crippen LogP contribution in [-0.2, 0) is 19.5 Å². The number of aromatic nitrogens is 3. The van der Waals surface area contributed by atoms with Gasteiger partial charge in [0.25, 0.3) is 0 Å². The monoisotopic (exact) mass is 485 g/mol. The Morgan fingerprint density at radius 3 is 2.50 bits per heavy atom. The summed E-state index contributed by atoms with van der Waals surface area (Å²) in [6.45, 7) is 3.14. The minimum Gasteiger partial charge on any atom is -0.488 e. The number of nitrogens with two attached hydrogens (primary N) is 2. The third-order valence-corrected chi connectivity index (χ3v) is 8.27. The first-order chi connectivity index (χ1) is 16.2. The van der Waals surface area contributed by atoms with Crippen LogP contribution in [0, 0.1) is 6.92 Å². The molecule has 1 aromatic carbocycles. The third-order valence-electron chi connectivity index (χ3n) is 6.55. The fourth-order valence-electron chi connectivity index (χ4n) is 4.52. The molecule has 1 aliphatic carbocycles. The van der Waals surface area contributed by atoms with Crippen molar-refractivity contribution in [1.29, 1.82) is 0 Å². The molecule has 2 aliphatic rings. The average molecular weight is 486 g/mol. The Hall–Kier alpha value is -3.02. The van der Waals surface area contributed by atoms with Gasteiger partial charge in [-0.1, -0.05) is 0 Å². The normalized spacial score (nSPS) is 18.1. The fourth-order valence-corrected chi connectivity index (χ4v) is 5.64. The lowest BCUT2D eigenvalue weighted by molar-refractivity contribution is 0.0261. The number of nitrogen functional groups attached to an aromatic ring is 1. The van der Waals surface area contributed by atoms with E-state index in [0.29, 0.717) is 54.1 Å². The van der Waals surface area contributed by atoms with Crippen molar-refractivity contribution in [3.8, 4) is 22.8 Å². The predicted octanol–water partition coefficient (Wildman–Crippen LogP) is 2.43. The van der Waals surface area contributed by atoms with Crippen molar-refractivity contribution in [2.75, 3.05) is 26.1 Å². The number of pyridine rings is 1. The number of rotatable bonds is 6. The van der Waals surface area contributed by atoms with E-state index in [1.54, 1.807) is 12.3 Å². The lowest BCUT2D eigenvalue weighted by Gasteiger charge is -2.24. The number of primary sulfonamides is 1. The second-order valence-electron chi connectivity index (χ2n) is 8.79. The Morgan fingerprint density at radius 1 is 1.12 bits per heavy atom. The minimum atomic E-state index is -3.84. The highest BCUT2D eigenvalue weighted by molar-refractivity contribution is 7.90. The summed E-state index contributed by atoms with van der Waals surface area (Å²) < 4.78 is 40.8. The molecule has 1 saturated carbocycles. The van der Waals surface area contributed by atoms with E-state index < -0.39 is 14.8 Å². The largest absolute Gasteiger partial charge is 0.488 e. The van der Waals surface area contributed by atoms with Gasteiger partial charge in [0.05, 0.1) is 26.0 Å². The summed E-state index contributed by atoms with van der Waals surface area (Å²) in [4.78, 5) is 13.2. The maximum atomic E-state index is 12.4. The molecule has 0 amide bonds. The summed E-state index contributed by atoms with van der Waals surface area (Å²) in [7, 11) is -2.38. The number of benzene rings is 1. The summed E-state index contributed by atoms with van der Waals surface area (Å²) in [6, 6.07) is 5.61. The first-order valence-corrected chi connectivity index (χ1v) is 12.7. The zero-order valence-electron chi connectivity index (χ0n) is 19.1. The topological polar surface area (TPSA) is 153 Å². The molecule has 3 aromatic rings. The molecule has 34 heavy (non-hydrogen) atoms. The van der Waals surface area contributed by atoms with Crippen LogP contribution < -0.4 is 20.3 Å². The molecule has 1 aliphatic heterocycles. The number of sulfonamides is 1. The lowest BCUT2D eigenvalue weighted by Crippen LogP contribution is -2.29. The average Bonchev–Trinajstić information content (AvgIpc) is 3.62.